The van der Waals surface area contributed by atoms with Gasteiger partial charge in [-0.1, -0.05) is 23.7 Å². The molecular formula is C19H17ClN2O5. The lowest BCUT2D eigenvalue weighted by Gasteiger charge is -2.13. The minimum absolute atomic E-state index is 0.0559. The van der Waals surface area contributed by atoms with Crippen LogP contribution in [0, 0.1) is 0 Å². The van der Waals surface area contributed by atoms with E-state index in [1.54, 1.807) is 38.3 Å². The Bertz CT molecular complexity index is 1060. The molecule has 2 heterocycles. The summed E-state index contributed by atoms with van der Waals surface area (Å²) in [4.78, 5) is 29.3. The first-order valence-corrected chi connectivity index (χ1v) is 8.55. The highest BCUT2D eigenvalue weighted by atomic mass is 35.5. The van der Waals surface area contributed by atoms with E-state index in [4.69, 9.17) is 21.1 Å². The van der Waals surface area contributed by atoms with Crippen molar-refractivity contribution in [3.05, 3.63) is 63.0 Å². The van der Waals surface area contributed by atoms with Crippen LogP contribution < -0.4 is 10.3 Å². The number of aromatic nitrogens is 2. The fraction of sp³-hybridized carbons (Fsp3) is 0.211. The van der Waals surface area contributed by atoms with Crippen molar-refractivity contribution in [3.8, 4) is 11.5 Å². The number of aryl methyl sites for hydroxylation is 1. The minimum Gasteiger partial charge on any atom is -0.506 e. The minimum atomic E-state index is -0.919. The Balaban J connectivity index is 1.97. The number of aromatic hydroxyl groups is 1. The van der Waals surface area contributed by atoms with Crippen LogP contribution in [0.1, 0.15) is 22.8 Å². The van der Waals surface area contributed by atoms with Gasteiger partial charge in [0.25, 0.3) is 5.56 Å². The van der Waals surface area contributed by atoms with Crippen LogP contribution in [-0.2, 0) is 17.9 Å². The van der Waals surface area contributed by atoms with Gasteiger partial charge in [0.15, 0.2) is 5.56 Å². The summed E-state index contributed by atoms with van der Waals surface area (Å²) in [5.41, 5.74) is -0.153. The molecular weight excluding hydrogens is 372 g/mol. The number of ether oxygens (including phenoxy) is 2. The molecule has 2 aromatic heterocycles. The number of nitrogens with zero attached hydrogens (tertiary/aromatic N) is 2. The van der Waals surface area contributed by atoms with Gasteiger partial charge in [-0.25, -0.2) is 9.78 Å². The standard InChI is InChI=1S/C19H17ClN2O5/c1-3-22-17-14(8-12(20)9-21-17)16(23)15(18(22)24)19(25)27-10-11-4-6-13(26-2)7-5-11/h4-9,23H,3,10H2,1-2H3. The van der Waals surface area contributed by atoms with Crippen LogP contribution in [0.2, 0.25) is 5.02 Å². The maximum atomic E-state index is 12.7. The molecule has 0 amide bonds. The maximum Gasteiger partial charge on any atom is 0.347 e. The molecule has 140 valence electrons. The lowest BCUT2D eigenvalue weighted by atomic mass is 10.1. The monoisotopic (exact) mass is 388 g/mol. The lowest BCUT2D eigenvalue weighted by molar-refractivity contribution is 0.0467. The normalized spacial score (nSPS) is 10.8. The van der Waals surface area contributed by atoms with Crippen LogP contribution in [0.3, 0.4) is 0 Å². The zero-order valence-electron chi connectivity index (χ0n) is 14.7. The molecule has 1 N–H and O–H groups in total. The zero-order valence-corrected chi connectivity index (χ0v) is 15.5. The van der Waals surface area contributed by atoms with E-state index in [0.29, 0.717) is 11.3 Å². The summed E-state index contributed by atoms with van der Waals surface area (Å²) in [6, 6.07) is 8.38. The van der Waals surface area contributed by atoms with E-state index in [9.17, 15) is 14.7 Å². The molecule has 0 unspecified atom stereocenters. The SMILES string of the molecule is CCn1c(=O)c(C(=O)OCc2ccc(OC)cc2)c(O)c2cc(Cl)cnc21. The Morgan fingerprint density at radius 2 is 2.00 bits per heavy atom. The van der Waals surface area contributed by atoms with E-state index in [0.717, 1.165) is 0 Å². The molecule has 3 aromatic rings. The number of hydrogen-bond acceptors (Lipinski definition) is 6. The van der Waals surface area contributed by atoms with E-state index in [-0.39, 0.29) is 29.2 Å². The van der Waals surface area contributed by atoms with Crippen molar-refractivity contribution in [2.45, 2.75) is 20.1 Å². The fourth-order valence-corrected chi connectivity index (χ4v) is 2.87. The third kappa shape index (κ3) is 3.59. The van der Waals surface area contributed by atoms with Crippen molar-refractivity contribution in [2.24, 2.45) is 0 Å². The summed E-state index contributed by atoms with van der Waals surface area (Å²) in [7, 11) is 1.55. The van der Waals surface area contributed by atoms with Crippen molar-refractivity contribution in [1.82, 2.24) is 9.55 Å². The summed E-state index contributed by atoms with van der Waals surface area (Å²) < 4.78 is 11.6. The van der Waals surface area contributed by atoms with E-state index < -0.39 is 22.8 Å². The van der Waals surface area contributed by atoms with E-state index in [1.165, 1.54) is 16.8 Å². The zero-order chi connectivity index (χ0) is 19.6. The number of methoxy groups -OCH3 is 1. The second-order valence-corrected chi connectivity index (χ2v) is 6.16. The average molecular weight is 389 g/mol. The summed E-state index contributed by atoms with van der Waals surface area (Å²) in [6.45, 7) is 1.95. The molecule has 3 rings (SSSR count). The van der Waals surface area contributed by atoms with Gasteiger partial charge in [-0.05, 0) is 30.7 Å². The maximum absolute atomic E-state index is 12.7. The summed E-state index contributed by atoms with van der Waals surface area (Å²) in [5.74, 6) is -0.737. The molecule has 27 heavy (non-hydrogen) atoms. The Morgan fingerprint density at radius 1 is 1.30 bits per heavy atom. The summed E-state index contributed by atoms with van der Waals surface area (Å²) in [5, 5.41) is 11.0. The van der Waals surface area contributed by atoms with Gasteiger partial charge in [0, 0.05) is 12.7 Å². The molecule has 0 aliphatic carbocycles. The van der Waals surface area contributed by atoms with E-state index in [2.05, 4.69) is 4.98 Å². The molecule has 1 aromatic carbocycles. The quantitative estimate of drug-likeness (QED) is 0.675. The molecule has 7 nitrogen and oxygen atoms in total. The highest BCUT2D eigenvalue weighted by Crippen LogP contribution is 2.28. The number of halogens is 1. The topological polar surface area (TPSA) is 90.7 Å². The van der Waals surface area contributed by atoms with Gasteiger partial charge in [-0.2, -0.15) is 0 Å². The molecule has 0 aliphatic rings. The first-order valence-electron chi connectivity index (χ1n) is 8.17. The second-order valence-electron chi connectivity index (χ2n) is 5.72. The molecule has 0 aliphatic heterocycles. The second kappa shape index (κ2) is 7.67. The number of pyridine rings is 2. The number of carbonyl (C=O) groups excluding carboxylic acids is 1. The first-order chi connectivity index (χ1) is 13.0. The van der Waals surface area contributed by atoms with Crippen LogP contribution in [0.5, 0.6) is 11.5 Å². The van der Waals surface area contributed by atoms with Crippen molar-refractivity contribution < 1.29 is 19.4 Å². The highest BCUT2D eigenvalue weighted by Gasteiger charge is 2.24. The van der Waals surface area contributed by atoms with E-state index >= 15 is 0 Å². The number of esters is 1. The molecule has 8 heteroatoms. The number of rotatable bonds is 5. The number of benzene rings is 1. The Kier molecular flexibility index (Phi) is 5.32. The smallest absolute Gasteiger partial charge is 0.347 e. The van der Waals surface area contributed by atoms with Gasteiger partial charge in [-0.3, -0.25) is 9.36 Å². The predicted molar refractivity (Wildman–Crippen MR) is 100 cm³/mol. The number of hydrogen-bond donors (Lipinski definition) is 1. The first kappa shape index (κ1) is 18.7. The van der Waals surface area contributed by atoms with E-state index in [1.807, 2.05) is 0 Å². The highest BCUT2D eigenvalue weighted by molar-refractivity contribution is 6.31. The number of fused-ring (bicyclic) bond motifs is 1. The fourth-order valence-electron chi connectivity index (χ4n) is 2.71. The molecule has 0 spiro atoms. The van der Waals surface area contributed by atoms with Crippen LogP contribution in [0.4, 0.5) is 0 Å². The third-order valence-corrected chi connectivity index (χ3v) is 4.30. The molecule has 0 fully saturated rings. The third-order valence-electron chi connectivity index (χ3n) is 4.09. The number of carbonyl (C=O) groups is 1. The predicted octanol–water partition coefficient (Wildman–Crippen LogP) is 3.14. The molecule has 0 radical (unpaired) electrons. The van der Waals surface area contributed by atoms with Crippen molar-refractivity contribution in [3.63, 3.8) is 0 Å². The van der Waals surface area contributed by atoms with Crippen LogP contribution in [0.25, 0.3) is 11.0 Å². The Morgan fingerprint density at radius 3 is 2.63 bits per heavy atom. The van der Waals surface area contributed by atoms with Gasteiger partial charge >= 0.3 is 5.97 Å². The van der Waals surface area contributed by atoms with Gasteiger partial charge in [0.1, 0.15) is 23.8 Å². The average Bonchev–Trinajstić information content (AvgIpc) is 2.67. The largest absolute Gasteiger partial charge is 0.506 e. The van der Waals surface area contributed by atoms with Gasteiger partial charge in [-0.15, -0.1) is 0 Å². The van der Waals surface area contributed by atoms with Crippen LogP contribution in [-0.4, -0.2) is 27.7 Å². The summed E-state index contributed by atoms with van der Waals surface area (Å²) >= 11 is 5.94. The molecule has 0 bridgehead atoms. The van der Waals surface area contributed by atoms with Crippen molar-refractivity contribution in [2.75, 3.05) is 7.11 Å². The van der Waals surface area contributed by atoms with Gasteiger partial charge < -0.3 is 14.6 Å². The van der Waals surface area contributed by atoms with Crippen LogP contribution >= 0.6 is 11.6 Å². The Hall–Kier alpha value is -3.06. The van der Waals surface area contributed by atoms with Crippen molar-refractivity contribution >= 4 is 28.6 Å². The Labute approximate surface area is 159 Å². The molecule has 0 saturated carbocycles. The van der Waals surface area contributed by atoms with Gasteiger partial charge in [0.05, 0.1) is 17.5 Å². The van der Waals surface area contributed by atoms with Crippen LogP contribution in [0.15, 0.2) is 41.3 Å². The molecule has 0 atom stereocenters. The lowest BCUT2D eigenvalue weighted by Crippen LogP contribution is -2.28. The molecule has 0 saturated heterocycles. The summed E-state index contributed by atoms with van der Waals surface area (Å²) in [6.07, 6.45) is 1.37. The van der Waals surface area contributed by atoms with Gasteiger partial charge in [0.2, 0.25) is 0 Å². The van der Waals surface area contributed by atoms with Crippen molar-refractivity contribution in [1.29, 1.82) is 0 Å².